The Labute approximate surface area is 86.0 Å². The topological polar surface area (TPSA) is 26.3 Å². The van der Waals surface area contributed by atoms with E-state index in [2.05, 4.69) is 6.92 Å². The number of hydrogen-bond acceptors (Lipinski definition) is 2. The lowest BCUT2D eigenvalue weighted by molar-refractivity contribution is -0.126. The molecule has 0 bridgehead atoms. The molecular formula is C12H20O2. The summed E-state index contributed by atoms with van der Waals surface area (Å²) in [5.74, 6) is 0.902. The number of aldehydes is 1. The molecule has 1 spiro atoms. The average molecular weight is 196 g/mol. The highest BCUT2D eigenvalue weighted by Crippen LogP contribution is 2.43. The maximum Gasteiger partial charge on any atom is 0.148 e. The maximum absolute atomic E-state index is 10.6. The molecule has 0 aromatic carbocycles. The molecule has 1 aliphatic heterocycles. The number of hydrogen-bond donors (Lipinski definition) is 0. The summed E-state index contributed by atoms with van der Waals surface area (Å²) >= 11 is 0. The Balaban J connectivity index is 1.90. The molecule has 0 amide bonds. The predicted octanol–water partition coefficient (Wildman–Crippen LogP) is 2.70. The van der Waals surface area contributed by atoms with Crippen molar-refractivity contribution in [3.63, 3.8) is 0 Å². The monoisotopic (exact) mass is 196 g/mol. The van der Waals surface area contributed by atoms with Crippen LogP contribution in [0.25, 0.3) is 0 Å². The molecule has 1 atom stereocenters. The first-order chi connectivity index (χ1) is 6.78. The van der Waals surface area contributed by atoms with Gasteiger partial charge in [0.25, 0.3) is 0 Å². The van der Waals surface area contributed by atoms with Crippen LogP contribution >= 0.6 is 0 Å². The lowest BCUT2D eigenvalue weighted by Gasteiger charge is -2.36. The molecule has 2 aliphatic rings. The smallest absolute Gasteiger partial charge is 0.148 e. The van der Waals surface area contributed by atoms with E-state index < -0.39 is 0 Å². The summed E-state index contributed by atoms with van der Waals surface area (Å²) in [6.45, 7) is 2.27. The van der Waals surface area contributed by atoms with Gasteiger partial charge in [-0.15, -0.1) is 0 Å². The van der Waals surface area contributed by atoms with E-state index in [4.69, 9.17) is 4.74 Å². The van der Waals surface area contributed by atoms with Gasteiger partial charge in [-0.25, -0.2) is 0 Å². The van der Waals surface area contributed by atoms with Gasteiger partial charge in [-0.3, -0.25) is 0 Å². The normalized spacial score (nSPS) is 42.9. The Morgan fingerprint density at radius 1 is 1.29 bits per heavy atom. The fourth-order valence-electron chi connectivity index (χ4n) is 2.92. The van der Waals surface area contributed by atoms with Crippen LogP contribution in [0.4, 0.5) is 0 Å². The first-order valence-corrected chi connectivity index (χ1v) is 5.91. The second-order valence-electron chi connectivity index (χ2n) is 4.87. The number of carbonyl (C=O) groups excluding carboxylic acids is 1. The van der Waals surface area contributed by atoms with E-state index >= 15 is 0 Å². The molecule has 0 aromatic heterocycles. The van der Waals surface area contributed by atoms with Crippen molar-refractivity contribution in [3.8, 4) is 0 Å². The summed E-state index contributed by atoms with van der Waals surface area (Å²) in [6.07, 6.45) is 9.16. The number of rotatable bonds is 2. The second kappa shape index (κ2) is 4.01. The zero-order valence-electron chi connectivity index (χ0n) is 9.00. The van der Waals surface area contributed by atoms with Gasteiger partial charge in [-0.05, 0) is 44.4 Å². The molecule has 2 nitrogen and oxygen atoms in total. The van der Waals surface area contributed by atoms with Gasteiger partial charge in [-0.2, -0.15) is 0 Å². The van der Waals surface area contributed by atoms with Crippen molar-refractivity contribution in [1.82, 2.24) is 0 Å². The summed E-state index contributed by atoms with van der Waals surface area (Å²) in [5, 5.41) is 0. The van der Waals surface area contributed by atoms with E-state index in [1.807, 2.05) is 0 Å². The molecule has 1 unspecified atom stereocenters. The summed E-state index contributed by atoms with van der Waals surface area (Å²) in [6, 6.07) is 0. The number of carbonyl (C=O) groups is 1. The van der Waals surface area contributed by atoms with Gasteiger partial charge in [0.1, 0.15) is 12.4 Å². The average Bonchev–Trinajstić information content (AvgIpc) is 2.63. The van der Waals surface area contributed by atoms with Gasteiger partial charge >= 0.3 is 0 Å². The Hall–Kier alpha value is -0.370. The van der Waals surface area contributed by atoms with Crippen LogP contribution in [0.5, 0.6) is 0 Å². The van der Waals surface area contributed by atoms with Crippen LogP contribution in [-0.2, 0) is 9.53 Å². The molecule has 1 saturated carbocycles. The molecule has 0 aromatic rings. The fourth-order valence-corrected chi connectivity index (χ4v) is 2.92. The largest absolute Gasteiger partial charge is 0.364 e. The Morgan fingerprint density at radius 3 is 2.43 bits per heavy atom. The summed E-state index contributed by atoms with van der Waals surface area (Å²) in [5.41, 5.74) is 0.0945. The summed E-state index contributed by atoms with van der Waals surface area (Å²) in [7, 11) is 0. The van der Waals surface area contributed by atoms with E-state index in [1.54, 1.807) is 0 Å². The van der Waals surface area contributed by atoms with E-state index in [0.717, 1.165) is 25.0 Å². The highest BCUT2D eigenvalue weighted by Gasteiger charge is 2.42. The fraction of sp³-hybridized carbons (Fsp3) is 0.917. The van der Waals surface area contributed by atoms with Crippen molar-refractivity contribution in [2.24, 2.45) is 5.92 Å². The molecule has 2 rings (SSSR count). The zero-order valence-corrected chi connectivity index (χ0v) is 9.00. The van der Waals surface area contributed by atoms with Crippen molar-refractivity contribution in [2.45, 2.75) is 63.6 Å². The van der Waals surface area contributed by atoms with Gasteiger partial charge in [0.05, 0.1) is 5.60 Å². The summed E-state index contributed by atoms with van der Waals surface area (Å²) in [4.78, 5) is 10.6. The molecule has 80 valence electrons. The molecule has 2 fully saturated rings. The third kappa shape index (κ3) is 1.85. The standard InChI is InChI=1S/C12H20O2/c1-2-10-3-6-12(7-4-10)8-5-11(9-13)14-12/h9-11H,2-8H2,1H3. The van der Waals surface area contributed by atoms with Crippen molar-refractivity contribution in [1.29, 1.82) is 0 Å². The van der Waals surface area contributed by atoms with Crippen molar-refractivity contribution in [2.75, 3.05) is 0 Å². The van der Waals surface area contributed by atoms with E-state index in [1.165, 1.54) is 32.1 Å². The second-order valence-corrected chi connectivity index (χ2v) is 4.87. The molecule has 1 saturated heterocycles. The zero-order chi connectivity index (χ0) is 10.0. The maximum atomic E-state index is 10.6. The van der Waals surface area contributed by atoms with Crippen LogP contribution in [0.15, 0.2) is 0 Å². The molecule has 1 heterocycles. The van der Waals surface area contributed by atoms with Gasteiger partial charge in [-0.1, -0.05) is 13.3 Å². The lowest BCUT2D eigenvalue weighted by Crippen LogP contribution is -2.34. The van der Waals surface area contributed by atoms with Gasteiger partial charge < -0.3 is 9.53 Å². The van der Waals surface area contributed by atoms with Crippen molar-refractivity contribution >= 4 is 6.29 Å². The first-order valence-electron chi connectivity index (χ1n) is 5.91. The van der Waals surface area contributed by atoms with Crippen molar-refractivity contribution in [3.05, 3.63) is 0 Å². The van der Waals surface area contributed by atoms with Crippen LogP contribution in [0.2, 0.25) is 0 Å². The highest BCUT2D eigenvalue weighted by atomic mass is 16.5. The SMILES string of the molecule is CCC1CCC2(CC1)CCC(C=O)O2. The Kier molecular flexibility index (Phi) is 2.91. The highest BCUT2D eigenvalue weighted by molar-refractivity contribution is 5.56. The molecule has 0 radical (unpaired) electrons. The lowest BCUT2D eigenvalue weighted by atomic mass is 9.76. The van der Waals surface area contributed by atoms with Gasteiger partial charge in [0, 0.05) is 0 Å². The number of ether oxygens (including phenoxy) is 1. The quantitative estimate of drug-likeness (QED) is 0.635. The molecule has 0 N–H and O–H groups in total. The van der Waals surface area contributed by atoms with E-state index in [0.29, 0.717) is 0 Å². The Bertz CT molecular complexity index is 204. The minimum Gasteiger partial charge on any atom is -0.364 e. The van der Waals surface area contributed by atoms with Crippen molar-refractivity contribution < 1.29 is 9.53 Å². The third-order valence-electron chi connectivity index (χ3n) is 4.03. The van der Waals surface area contributed by atoms with Crippen LogP contribution in [0.1, 0.15) is 51.9 Å². The molecular weight excluding hydrogens is 176 g/mol. The van der Waals surface area contributed by atoms with Crippen LogP contribution in [-0.4, -0.2) is 18.0 Å². The van der Waals surface area contributed by atoms with E-state index in [9.17, 15) is 4.79 Å². The van der Waals surface area contributed by atoms with Gasteiger partial charge in [0.15, 0.2) is 0 Å². The summed E-state index contributed by atoms with van der Waals surface area (Å²) < 4.78 is 5.86. The van der Waals surface area contributed by atoms with Crippen LogP contribution in [0.3, 0.4) is 0 Å². The first kappa shape index (κ1) is 10.2. The van der Waals surface area contributed by atoms with Crippen LogP contribution in [0, 0.1) is 5.92 Å². The Morgan fingerprint density at radius 2 is 1.93 bits per heavy atom. The van der Waals surface area contributed by atoms with Crippen LogP contribution < -0.4 is 0 Å². The van der Waals surface area contributed by atoms with Gasteiger partial charge in [0.2, 0.25) is 0 Å². The molecule has 14 heavy (non-hydrogen) atoms. The molecule has 1 aliphatic carbocycles. The molecule has 2 heteroatoms. The minimum atomic E-state index is -0.104. The third-order valence-corrected chi connectivity index (χ3v) is 4.03. The predicted molar refractivity (Wildman–Crippen MR) is 55.2 cm³/mol. The minimum absolute atomic E-state index is 0.0945. The van der Waals surface area contributed by atoms with E-state index in [-0.39, 0.29) is 11.7 Å².